The van der Waals surface area contributed by atoms with Crippen molar-refractivity contribution in [1.29, 1.82) is 0 Å². The highest BCUT2D eigenvalue weighted by molar-refractivity contribution is 6.32. The summed E-state index contributed by atoms with van der Waals surface area (Å²) in [6.45, 7) is 1.39. The number of fused-ring (bicyclic) bond motifs is 2. The van der Waals surface area contributed by atoms with Crippen LogP contribution in [0.1, 0.15) is 46.9 Å². The molecular weight excluding hydrogens is 671 g/mol. The van der Waals surface area contributed by atoms with E-state index in [1.54, 1.807) is 18.3 Å². The zero-order valence-electron chi connectivity index (χ0n) is 27.1. The van der Waals surface area contributed by atoms with E-state index in [1.165, 1.54) is 0 Å². The van der Waals surface area contributed by atoms with Crippen molar-refractivity contribution in [2.75, 3.05) is 30.4 Å². The minimum atomic E-state index is -0.303. The van der Waals surface area contributed by atoms with Crippen molar-refractivity contribution in [3.05, 3.63) is 118 Å². The summed E-state index contributed by atoms with van der Waals surface area (Å²) >= 11 is 13.1. The second kappa shape index (κ2) is 11.7. The number of benzene rings is 3. The van der Waals surface area contributed by atoms with Crippen molar-refractivity contribution in [3.63, 3.8) is 0 Å². The third kappa shape index (κ3) is 4.97. The molecular formula is C38H32Cl2N8O2. The van der Waals surface area contributed by atoms with Gasteiger partial charge in [0.1, 0.15) is 5.69 Å². The Morgan fingerprint density at radius 2 is 1.74 bits per heavy atom. The van der Waals surface area contributed by atoms with E-state index in [1.807, 2.05) is 85.2 Å². The maximum absolute atomic E-state index is 14.5. The fourth-order valence-electron chi connectivity index (χ4n) is 7.93. The van der Waals surface area contributed by atoms with E-state index in [2.05, 4.69) is 25.2 Å². The molecule has 1 spiro atoms. The number of carbonyl (C=O) groups excluding carboxylic acids is 2. The van der Waals surface area contributed by atoms with Crippen molar-refractivity contribution in [2.24, 2.45) is 0 Å². The number of rotatable bonds is 5. The third-order valence-electron chi connectivity index (χ3n) is 10.3. The molecule has 250 valence electrons. The number of nitrogens with zero attached hydrogens (tertiary/aromatic N) is 5. The molecule has 6 heterocycles. The number of piperidine rings is 1. The van der Waals surface area contributed by atoms with E-state index < -0.39 is 0 Å². The van der Waals surface area contributed by atoms with Gasteiger partial charge in [0.15, 0.2) is 5.82 Å². The molecule has 2 fully saturated rings. The first-order valence-electron chi connectivity index (χ1n) is 16.6. The number of pyridine rings is 1. The molecule has 3 aliphatic heterocycles. The lowest BCUT2D eigenvalue weighted by Gasteiger charge is -2.39. The summed E-state index contributed by atoms with van der Waals surface area (Å²) in [7, 11) is 1.78. The van der Waals surface area contributed by atoms with Crippen LogP contribution >= 0.6 is 23.2 Å². The van der Waals surface area contributed by atoms with Crippen molar-refractivity contribution < 1.29 is 9.59 Å². The van der Waals surface area contributed by atoms with Gasteiger partial charge in [0.25, 0.3) is 5.91 Å². The van der Waals surface area contributed by atoms with Crippen molar-refractivity contribution in [1.82, 2.24) is 30.0 Å². The molecule has 6 aromatic rings. The van der Waals surface area contributed by atoms with Crippen LogP contribution in [0.2, 0.25) is 10.0 Å². The number of nitrogens with one attached hydrogen (secondary N) is 3. The first kappa shape index (κ1) is 30.9. The fourth-order valence-corrected chi connectivity index (χ4v) is 8.28. The van der Waals surface area contributed by atoms with Crippen LogP contribution in [0.5, 0.6) is 0 Å². The van der Waals surface area contributed by atoms with Crippen LogP contribution in [0.15, 0.2) is 91.4 Å². The number of aromatic nitrogens is 4. The van der Waals surface area contributed by atoms with Gasteiger partial charge in [-0.1, -0.05) is 65.7 Å². The van der Waals surface area contributed by atoms with Gasteiger partial charge >= 0.3 is 0 Å². The Morgan fingerprint density at radius 3 is 2.48 bits per heavy atom. The minimum Gasteiger partial charge on any atom is -0.355 e. The van der Waals surface area contributed by atoms with E-state index in [9.17, 15) is 9.59 Å². The lowest BCUT2D eigenvalue weighted by molar-refractivity contribution is -0.128. The van der Waals surface area contributed by atoms with Gasteiger partial charge in [-0.15, -0.1) is 0 Å². The van der Waals surface area contributed by atoms with Gasteiger partial charge in [0.2, 0.25) is 5.91 Å². The molecule has 3 aromatic heterocycles. The zero-order chi connectivity index (χ0) is 34.1. The highest BCUT2D eigenvalue weighted by Gasteiger charge is 2.44. The van der Waals surface area contributed by atoms with Crippen LogP contribution < -0.4 is 15.6 Å². The number of aromatic amines is 1. The number of amides is 2. The van der Waals surface area contributed by atoms with E-state index in [0.29, 0.717) is 46.8 Å². The highest BCUT2D eigenvalue weighted by atomic mass is 35.5. The van der Waals surface area contributed by atoms with Crippen LogP contribution in [-0.4, -0.2) is 62.0 Å². The van der Waals surface area contributed by atoms with E-state index in [4.69, 9.17) is 33.2 Å². The molecule has 0 saturated carbocycles. The lowest BCUT2D eigenvalue weighted by atomic mass is 9.86. The molecule has 0 radical (unpaired) electrons. The van der Waals surface area contributed by atoms with Gasteiger partial charge in [0, 0.05) is 70.4 Å². The summed E-state index contributed by atoms with van der Waals surface area (Å²) in [5.41, 5.74) is 10.2. The maximum atomic E-state index is 14.5. The van der Waals surface area contributed by atoms with Gasteiger partial charge < -0.3 is 19.8 Å². The standard InChI is InChI=1S/C38H32Cl2N8O2/c1-46-29(49)20-38(45-46)13-16-47(17-14-38)36-27(8-5-15-41-36)44-37(50)33-31-30-26(18-25(40)19-28(30)43-33)34(23-9-11-24(39)12-10-23)48-21-42-32(35(31)48)22-6-3-2-4-7-22/h2-12,15,18-19,21,34,43,45H,13-14,16-17,20H2,1H3,(H,44,50). The van der Waals surface area contributed by atoms with Crippen LogP contribution in [0.3, 0.4) is 0 Å². The number of anilines is 2. The van der Waals surface area contributed by atoms with Crippen LogP contribution in [-0.2, 0) is 4.79 Å². The number of halogens is 2. The Bertz CT molecular complexity index is 2310. The second-order valence-electron chi connectivity index (χ2n) is 13.3. The monoisotopic (exact) mass is 702 g/mol. The van der Waals surface area contributed by atoms with Crippen LogP contribution in [0, 0.1) is 0 Å². The molecule has 0 bridgehead atoms. The van der Waals surface area contributed by atoms with Crippen molar-refractivity contribution >= 4 is 57.4 Å². The predicted octanol–water partition coefficient (Wildman–Crippen LogP) is 7.31. The van der Waals surface area contributed by atoms with Crippen molar-refractivity contribution in [2.45, 2.75) is 30.8 Å². The summed E-state index contributed by atoms with van der Waals surface area (Å²) in [6, 6.07) is 25.1. The molecule has 2 saturated heterocycles. The first-order chi connectivity index (χ1) is 24.3. The Hall–Kier alpha value is -5.16. The molecule has 0 aliphatic carbocycles. The summed E-state index contributed by atoms with van der Waals surface area (Å²) < 4.78 is 2.13. The number of carbonyl (C=O) groups is 2. The summed E-state index contributed by atoms with van der Waals surface area (Å²) in [5.74, 6) is 0.495. The Labute approximate surface area is 298 Å². The van der Waals surface area contributed by atoms with Crippen molar-refractivity contribution in [3.8, 4) is 22.5 Å². The first-order valence-corrected chi connectivity index (χ1v) is 17.3. The number of hydrogen-bond acceptors (Lipinski definition) is 6. The van der Waals surface area contributed by atoms with Crippen LogP contribution in [0.25, 0.3) is 33.4 Å². The molecule has 3 aliphatic rings. The summed E-state index contributed by atoms with van der Waals surface area (Å²) in [4.78, 5) is 42.1. The SMILES string of the molecule is CN1NC2(CCN(c3ncccc3NC(=O)c3[nH]c4cc(Cl)cc5c4c3-c3c(-c4ccccc4)ncn3C5c3ccc(Cl)cc3)CC2)CC1=O. The van der Waals surface area contributed by atoms with Gasteiger partial charge in [-0.3, -0.25) is 14.6 Å². The predicted molar refractivity (Wildman–Crippen MR) is 196 cm³/mol. The Kier molecular flexibility index (Phi) is 7.24. The number of hydrogen-bond donors (Lipinski definition) is 3. The lowest BCUT2D eigenvalue weighted by Crippen LogP contribution is -2.52. The molecule has 2 amide bonds. The van der Waals surface area contributed by atoms with Gasteiger partial charge in [0.05, 0.1) is 29.4 Å². The average Bonchev–Trinajstić information content (AvgIpc) is 3.80. The fraction of sp³-hybridized carbons (Fsp3) is 0.211. The number of imidazole rings is 1. The zero-order valence-corrected chi connectivity index (χ0v) is 28.6. The summed E-state index contributed by atoms with van der Waals surface area (Å²) in [5, 5.41) is 6.91. The number of H-pyrrole nitrogens is 1. The van der Waals surface area contributed by atoms with E-state index >= 15 is 0 Å². The Balaban J connectivity index is 1.14. The van der Waals surface area contributed by atoms with Crippen LogP contribution in [0.4, 0.5) is 11.5 Å². The smallest absolute Gasteiger partial charge is 0.272 e. The Morgan fingerprint density at radius 1 is 0.960 bits per heavy atom. The molecule has 3 aromatic carbocycles. The van der Waals surface area contributed by atoms with E-state index in [-0.39, 0.29) is 23.4 Å². The molecule has 10 nitrogen and oxygen atoms in total. The summed E-state index contributed by atoms with van der Waals surface area (Å²) in [6.07, 6.45) is 5.63. The molecule has 3 N–H and O–H groups in total. The largest absolute Gasteiger partial charge is 0.355 e. The van der Waals surface area contributed by atoms with Gasteiger partial charge in [-0.25, -0.2) is 15.4 Å². The van der Waals surface area contributed by atoms with Gasteiger partial charge in [-0.05, 0) is 60.4 Å². The topological polar surface area (TPSA) is 111 Å². The third-order valence-corrected chi connectivity index (χ3v) is 10.8. The highest BCUT2D eigenvalue weighted by Crippen LogP contribution is 2.50. The molecule has 50 heavy (non-hydrogen) atoms. The quantitative estimate of drug-likeness (QED) is 0.174. The second-order valence-corrected chi connectivity index (χ2v) is 14.2. The minimum absolute atomic E-state index is 0.104. The normalized spacial score (nSPS) is 17.8. The van der Waals surface area contributed by atoms with Gasteiger partial charge in [-0.2, -0.15) is 0 Å². The molecule has 12 heteroatoms. The maximum Gasteiger partial charge on any atom is 0.272 e. The van der Waals surface area contributed by atoms with E-state index in [0.717, 1.165) is 57.4 Å². The number of hydrazine groups is 1. The molecule has 1 atom stereocenters. The molecule has 9 rings (SSSR count). The average molecular weight is 704 g/mol. The molecule has 1 unspecified atom stereocenters.